The second-order valence-corrected chi connectivity index (χ2v) is 5.91. The molecule has 108 valence electrons. The van der Waals surface area contributed by atoms with E-state index in [-0.39, 0.29) is 18.6 Å². The zero-order valence-corrected chi connectivity index (χ0v) is 11.7. The van der Waals surface area contributed by atoms with Crippen LogP contribution in [-0.2, 0) is 4.79 Å². The summed E-state index contributed by atoms with van der Waals surface area (Å²) in [5.74, 6) is -0.798. The molecule has 1 unspecified atom stereocenters. The van der Waals surface area contributed by atoms with Crippen molar-refractivity contribution >= 4 is 12.0 Å². The first kappa shape index (κ1) is 14.1. The fraction of sp³-hybridized carbons (Fsp3) is 0.846. The van der Waals surface area contributed by atoms with E-state index in [4.69, 9.17) is 5.11 Å². The highest BCUT2D eigenvalue weighted by Crippen LogP contribution is 2.45. The average molecular weight is 269 g/mol. The Morgan fingerprint density at radius 1 is 1.47 bits per heavy atom. The van der Waals surface area contributed by atoms with E-state index in [1.54, 1.807) is 11.9 Å². The number of likely N-dealkylation sites (N-methyl/N-ethyl adjacent to an activating group) is 2. The van der Waals surface area contributed by atoms with Crippen molar-refractivity contribution in [3.05, 3.63) is 0 Å². The summed E-state index contributed by atoms with van der Waals surface area (Å²) in [5.41, 5.74) is -0.695. The van der Waals surface area contributed by atoms with Gasteiger partial charge in [0.1, 0.15) is 0 Å². The molecule has 0 aromatic carbocycles. The average Bonchev–Trinajstić information content (AvgIpc) is 3.16. The molecule has 2 N–H and O–H groups in total. The topological polar surface area (TPSA) is 72.9 Å². The molecule has 1 aliphatic carbocycles. The summed E-state index contributed by atoms with van der Waals surface area (Å²) < 4.78 is 0. The van der Waals surface area contributed by atoms with E-state index in [0.717, 1.165) is 25.9 Å². The quantitative estimate of drug-likeness (QED) is 0.783. The van der Waals surface area contributed by atoms with Crippen LogP contribution < -0.4 is 5.32 Å². The van der Waals surface area contributed by atoms with Crippen LogP contribution in [0.4, 0.5) is 4.79 Å². The Balaban J connectivity index is 1.81. The summed E-state index contributed by atoms with van der Waals surface area (Å²) in [4.78, 5) is 27.0. The van der Waals surface area contributed by atoms with Gasteiger partial charge in [0, 0.05) is 26.2 Å². The molecule has 2 rings (SSSR count). The number of carboxylic acid groups (broad SMARTS) is 1. The van der Waals surface area contributed by atoms with Gasteiger partial charge in [-0.05, 0) is 39.3 Å². The van der Waals surface area contributed by atoms with Crippen molar-refractivity contribution in [3.8, 4) is 0 Å². The lowest BCUT2D eigenvalue weighted by Gasteiger charge is -2.35. The molecule has 2 amide bonds. The van der Waals surface area contributed by atoms with E-state index < -0.39 is 11.4 Å². The SMILES string of the molecule is CN1CCCC(N(C)C(=O)NCC2(C(=O)O)CC2)C1. The van der Waals surface area contributed by atoms with Gasteiger partial charge in [0.25, 0.3) is 0 Å². The number of hydrogen-bond donors (Lipinski definition) is 2. The maximum absolute atomic E-state index is 12.0. The number of piperidine rings is 1. The third-order valence-corrected chi connectivity index (χ3v) is 4.35. The predicted octanol–water partition coefficient (Wildman–Crippen LogP) is 0.587. The molecule has 0 spiro atoms. The van der Waals surface area contributed by atoms with E-state index in [1.165, 1.54) is 0 Å². The molecular weight excluding hydrogens is 246 g/mol. The van der Waals surface area contributed by atoms with Crippen LogP contribution in [0, 0.1) is 5.41 Å². The summed E-state index contributed by atoms with van der Waals surface area (Å²) in [5, 5.41) is 11.8. The van der Waals surface area contributed by atoms with Crippen LogP contribution in [0.5, 0.6) is 0 Å². The fourth-order valence-corrected chi connectivity index (χ4v) is 2.61. The van der Waals surface area contributed by atoms with Gasteiger partial charge < -0.3 is 20.2 Å². The van der Waals surface area contributed by atoms with Crippen molar-refractivity contribution < 1.29 is 14.7 Å². The van der Waals surface area contributed by atoms with Crippen LogP contribution in [0.15, 0.2) is 0 Å². The normalized spacial score (nSPS) is 25.7. The van der Waals surface area contributed by atoms with Crippen LogP contribution in [0.25, 0.3) is 0 Å². The third-order valence-electron chi connectivity index (χ3n) is 4.35. The first-order valence-electron chi connectivity index (χ1n) is 6.87. The van der Waals surface area contributed by atoms with Crippen LogP contribution in [0.2, 0.25) is 0 Å². The Morgan fingerprint density at radius 2 is 2.16 bits per heavy atom. The molecule has 19 heavy (non-hydrogen) atoms. The molecule has 1 aliphatic heterocycles. The molecule has 1 atom stereocenters. The zero-order chi connectivity index (χ0) is 14.0. The zero-order valence-electron chi connectivity index (χ0n) is 11.7. The molecule has 0 aromatic heterocycles. The van der Waals surface area contributed by atoms with Crippen molar-refractivity contribution in [2.45, 2.75) is 31.7 Å². The molecule has 1 saturated carbocycles. The number of aliphatic carboxylic acids is 1. The molecule has 2 aliphatic rings. The molecule has 1 heterocycles. The minimum Gasteiger partial charge on any atom is -0.481 e. The number of carboxylic acids is 1. The molecule has 1 saturated heterocycles. The second-order valence-electron chi connectivity index (χ2n) is 5.91. The number of rotatable bonds is 4. The van der Waals surface area contributed by atoms with Gasteiger partial charge in [-0.25, -0.2) is 4.79 Å². The van der Waals surface area contributed by atoms with Crippen molar-refractivity contribution in [1.29, 1.82) is 0 Å². The number of carbonyl (C=O) groups is 2. The highest BCUT2D eigenvalue weighted by atomic mass is 16.4. The lowest BCUT2D eigenvalue weighted by molar-refractivity contribution is -0.143. The monoisotopic (exact) mass is 269 g/mol. The van der Waals surface area contributed by atoms with Gasteiger partial charge in [0.05, 0.1) is 5.41 Å². The third kappa shape index (κ3) is 3.18. The molecule has 2 fully saturated rings. The predicted molar refractivity (Wildman–Crippen MR) is 71.0 cm³/mol. The van der Waals surface area contributed by atoms with E-state index >= 15 is 0 Å². The molecule has 6 heteroatoms. The Labute approximate surface area is 113 Å². The van der Waals surface area contributed by atoms with Crippen LogP contribution >= 0.6 is 0 Å². The summed E-state index contributed by atoms with van der Waals surface area (Å²) in [7, 11) is 3.85. The van der Waals surface area contributed by atoms with Crippen molar-refractivity contribution in [3.63, 3.8) is 0 Å². The van der Waals surface area contributed by atoms with Gasteiger partial charge in [-0.1, -0.05) is 0 Å². The van der Waals surface area contributed by atoms with Gasteiger partial charge >= 0.3 is 12.0 Å². The summed E-state index contributed by atoms with van der Waals surface area (Å²) in [6, 6.07) is 0.0616. The Morgan fingerprint density at radius 3 is 2.68 bits per heavy atom. The molecular formula is C13H23N3O3. The van der Waals surface area contributed by atoms with Gasteiger partial charge in [0.2, 0.25) is 0 Å². The first-order valence-corrected chi connectivity index (χ1v) is 6.87. The largest absolute Gasteiger partial charge is 0.481 e. The smallest absolute Gasteiger partial charge is 0.317 e. The summed E-state index contributed by atoms with van der Waals surface area (Å²) >= 11 is 0. The first-order chi connectivity index (χ1) is 8.94. The lowest BCUT2D eigenvalue weighted by Crippen LogP contribution is -2.51. The highest BCUT2D eigenvalue weighted by Gasteiger charge is 2.50. The maximum atomic E-state index is 12.0. The van der Waals surface area contributed by atoms with E-state index in [1.807, 2.05) is 0 Å². The summed E-state index contributed by atoms with van der Waals surface area (Å²) in [6.07, 6.45) is 3.44. The Bertz CT molecular complexity index is 368. The van der Waals surface area contributed by atoms with Crippen LogP contribution in [0.3, 0.4) is 0 Å². The van der Waals surface area contributed by atoms with E-state index in [9.17, 15) is 9.59 Å². The molecule has 0 radical (unpaired) electrons. The fourth-order valence-electron chi connectivity index (χ4n) is 2.61. The van der Waals surface area contributed by atoms with E-state index in [0.29, 0.717) is 12.8 Å². The van der Waals surface area contributed by atoms with Crippen molar-refractivity contribution in [2.24, 2.45) is 5.41 Å². The van der Waals surface area contributed by atoms with Gasteiger partial charge in [-0.2, -0.15) is 0 Å². The molecule has 0 bridgehead atoms. The van der Waals surface area contributed by atoms with E-state index in [2.05, 4.69) is 17.3 Å². The number of likely N-dealkylation sites (tertiary alicyclic amines) is 1. The standard InChI is InChI=1S/C13H23N3O3/c1-15-7-3-4-10(8-15)16(2)12(19)14-9-13(5-6-13)11(17)18/h10H,3-9H2,1-2H3,(H,14,19)(H,17,18). The number of amides is 2. The van der Waals surface area contributed by atoms with Gasteiger partial charge in [-0.3, -0.25) is 4.79 Å². The number of nitrogens with zero attached hydrogens (tertiary/aromatic N) is 2. The van der Waals surface area contributed by atoms with Gasteiger partial charge in [0.15, 0.2) is 0 Å². The van der Waals surface area contributed by atoms with Gasteiger partial charge in [-0.15, -0.1) is 0 Å². The highest BCUT2D eigenvalue weighted by molar-refractivity contribution is 5.80. The number of nitrogens with one attached hydrogen (secondary N) is 1. The summed E-state index contributed by atoms with van der Waals surface area (Å²) in [6.45, 7) is 2.20. The Kier molecular flexibility index (Phi) is 3.99. The molecule has 6 nitrogen and oxygen atoms in total. The number of hydrogen-bond acceptors (Lipinski definition) is 3. The van der Waals surface area contributed by atoms with Crippen molar-refractivity contribution in [2.75, 3.05) is 33.7 Å². The second kappa shape index (κ2) is 5.36. The Hall–Kier alpha value is -1.30. The minimum absolute atomic E-state index is 0.159. The number of carbonyl (C=O) groups excluding carboxylic acids is 1. The van der Waals surface area contributed by atoms with Crippen molar-refractivity contribution in [1.82, 2.24) is 15.1 Å². The molecule has 0 aromatic rings. The maximum Gasteiger partial charge on any atom is 0.317 e. The minimum atomic E-state index is -0.798. The van der Waals surface area contributed by atoms with Crippen LogP contribution in [0.1, 0.15) is 25.7 Å². The lowest BCUT2D eigenvalue weighted by atomic mass is 10.1. The number of urea groups is 1. The van der Waals surface area contributed by atoms with Crippen LogP contribution in [-0.4, -0.2) is 66.7 Å².